The molecule has 0 spiro atoms. The van der Waals surface area contributed by atoms with Crippen molar-refractivity contribution in [2.75, 3.05) is 4.90 Å². The van der Waals surface area contributed by atoms with Gasteiger partial charge in [-0.05, 0) is 30.3 Å². The predicted octanol–water partition coefficient (Wildman–Crippen LogP) is 3.22. The lowest BCUT2D eigenvalue weighted by Gasteiger charge is -2.29. The van der Waals surface area contributed by atoms with Crippen LogP contribution in [0.1, 0.15) is 17.3 Å². The van der Waals surface area contributed by atoms with Crippen LogP contribution in [0.4, 0.5) is 5.69 Å². The van der Waals surface area contributed by atoms with E-state index in [2.05, 4.69) is 15.5 Å². The number of Topliss-reactive ketones (excluding diaryl/α,β-unsaturated/α-hetero) is 1. The Morgan fingerprint density at radius 1 is 1.18 bits per heavy atom. The van der Waals surface area contributed by atoms with Crippen LogP contribution in [-0.4, -0.2) is 34.2 Å². The highest BCUT2D eigenvalue weighted by atomic mass is 35.5. The first-order valence-corrected chi connectivity index (χ1v) is 10.9. The highest BCUT2D eigenvalue weighted by molar-refractivity contribution is 7.19. The number of piperidine rings is 1. The monoisotopic (exact) mass is 499 g/mol. The van der Waals surface area contributed by atoms with Gasteiger partial charge in [0.15, 0.2) is 0 Å². The molecule has 33 heavy (non-hydrogen) atoms. The number of ketones is 1. The van der Waals surface area contributed by atoms with Crippen molar-refractivity contribution >= 4 is 79.7 Å². The normalized spacial score (nSPS) is 17.5. The maximum atomic E-state index is 13.4. The number of para-hydroxylation sites is 1. The number of hydrogen-bond acceptors (Lipinski definition) is 8. The second-order valence-electron chi connectivity index (χ2n) is 6.73. The second kappa shape index (κ2) is 9.07. The minimum absolute atomic E-state index is 0.000188. The number of nitrogens with one attached hydrogen (secondary N) is 1. The lowest BCUT2D eigenvalue weighted by molar-refractivity contribution is -0.139. The van der Waals surface area contributed by atoms with Gasteiger partial charge in [-0.1, -0.05) is 35.3 Å². The third kappa shape index (κ3) is 4.21. The van der Waals surface area contributed by atoms with Crippen LogP contribution >= 0.6 is 34.5 Å². The molecule has 12 heteroatoms. The van der Waals surface area contributed by atoms with Gasteiger partial charge < -0.3 is 0 Å². The Labute approximate surface area is 200 Å². The number of imide groups is 1. The number of halogens is 2. The molecule has 1 N–H and O–H groups in total. The summed E-state index contributed by atoms with van der Waals surface area (Å²) in [6, 6.07) is 12.8. The number of fused-ring (bicyclic) bond motifs is 1. The first-order valence-electron chi connectivity index (χ1n) is 9.28. The van der Waals surface area contributed by atoms with Crippen LogP contribution in [0.25, 0.3) is 10.2 Å². The van der Waals surface area contributed by atoms with E-state index in [0.717, 1.165) is 16.0 Å². The van der Waals surface area contributed by atoms with Gasteiger partial charge in [-0.3, -0.25) is 19.2 Å². The molecule has 3 aromatic rings. The summed E-state index contributed by atoms with van der Waals surface area (Å²) < 4.78 is 0.730. The van der Waals surface area contributed by atoms with Crippen molar-refractivity contribution in [2.45, 2.75) is 12.3 Å². The van der Waals surface area contributed by atoms with E-state index in [4.69, 9.17) is 28.5 Å². The number of nitriles is 1. The summed E-state index contributed by atoms with van der Waals surface area (Å²) in [7, 11) is 0. The van der Waals surface area contributed by atoms with Gasteiger partial charge in [0.25, 0.3) is 11.8 Å². The standard InChI is InChI=1S/C21H11Cl2N5O4S/c22-10-5-6-11(23)13(9-10)28-20(31)17(27-26-15(29)7-8-24)16(18(30)21(28)32)19-25-12-3-1-2-4-14(12)33-19/h1-6,9,16H,7H2,(H,26,29)/b27-17-/t16-/m1/s1. The number of nitrogens with zero attached hydrogens (tertiary/aromatic N) is 4. The Hall–Kier alpha value is -3.65. The number of aromatic nitrogens is 1. The van der Waals surface area contributed by atoms with Crippen molar-refractivity contribution in [3.63, 3.8) is 0 Å². The first-order chi connectivity index (χ1) is 15.8. The van der Waals surface area contributed by atoms with Gasteiger partial charge in [0.2, 0.25) is 5.78 Å². The molecule has 3 amide bonds. The molecule has 1 saturated heterocycles. The molecule has 0 bridgehead atoms. The molecule has 1 aliphatic heterocycles. The summed E-state index contributed by atoms with van der Waals surface area (Å²) in [5.74, 6) is -5.35. The maximum absolute atomic E-state index is 13.4. The Kier molecular flexibility index (Phi) is 6.20. The number of hydrazone groups is 1. The summed E-state index contributed by atoms with van der Waals surface area (Å²) in [6.45, 7) is 0. The summed E-state index contributed by atoms with van der Waals surface area (Å²) in [5, 5.41) is 12.8. The number of carbonyl (C=O) groups is 4. The zero-order valence-electron chi connectivity index (χ0n) is 16.4. The molecule has 164 valence electrons. The molecule has 1 atom stereocenters. The first kappa shape index (κ1) is 22.5. The molecule has 2 heterocycles. The van der Waals surface area contributed by atoms with E-state index < -0.39 is 41.6 Å². The molecule has 0 aliphatic carbocycles. The van der Waals surface area contributed by atoms with Crippen LogP contribution in [0.15, 0.2) is 47.6 Å². The molecule has 9 nitrogen and oxygen atoms in total. The lowest BCUT2D eigenvalue weighted by atomic mass is 9.92. The molecular formula is C21H11Cl2N5O4S. The van der Waals surface area contributed by atoms with Crippen molar-refractivity contribution in [2.24, 2.45) is 5.10 Å². The fourth-order valence-corrected chi connectivity index (χ4v) is 4.59. The van der Waals surface area contributed by atoms with Crippen molar-refractivity contribution in [3.8, 4) is 6.07 Å². The number of amides is 3. The third-order valence-electron chi connectivity index (χ3n) is 4.62. The highest BCUT2D eigenvalue weighted by Gasteiger charge is 2.49. The average Bonchev–Trinajstić information content (AvgIpc) is 3.21. The number of rotatable bonds is 4. The average molecular weight is 500 g/mol. The largest absolute Gasteiger partial charge is 0.302 e. The van der Waals surface area contributed by atoms with Gasteiger partial charge in [-0.2, -0.15) is 10.4 Å². The van der Waals surface area contributed by atoms with E-state index in [1.54, 1.807) is 30.3 Å². The molecule has 0 saturated carbocycles. The minimum Gasteiger partial charge on any atom is -0.287 e. The smallest absolute Gasteiger partial charge is 0.287 e. The Bertz CT molecular complexity index is 1380. The van der Waals surface area contributed by atoms with E-state index >= 15 is 0 Å². The minimum atomic E-state index is -1.45. The zero-order valence-corrected chi connectivity index (χ0v) is 18.7. The van der Waals surface area contributed by atoms with Crippen LogP contribution in [0.2, 0.25) is 10.0 Å². The van der Waals surface area contributed by atoms with Gasteiger partial charge >= 0.3 is 5.91 Å². The zero-order chi connectivity index (χ0) is 23.7. The van der Waals surface area contributed by atoms with E-state index in [1.165, 1.54) is 18.2 Å². The summed E-state index contributed by atoms with van der Waals surface area (Å²) in [4.78, 5) is 56.4. The van der Waals surface area contributed by atoms with Crippen LogP contribution in [0, 0.1) is 11.3 Å². The van der Waals surface area contributed by atoms with Crippen LogP contribution < -0.4 is 10.3 Å². The van der Waals surface area contributed by atoms with Gasteiger partial charge in [-0.15, -0.1) is 11.3 Å². The Morgan fingerprint density at radius 2 is 1.94 bits per heavy atom. The van der Waals surface area contributed by atoms with E-state index in [1.807, 2.05) is 0 Å². The molecule has 4 rings (SSSR count). The highest BCUT2D eigenvalue weighted by Crippen LogP contribution is 2.36. The molecule has 2 aromatic carbocycles. The summed E-state index contributed by atoms with van der Waals surface area (Å²) in [6.07, 6.45) is -0.520. The second-order valence-corrected chi connectivity index (χ2v) is 8.63. The Balaban J connectivity index is 1.85. The lowest BCUT2D eigenvalue weighted by Crippen LogP contribution is -2.55. The summed E-state index contributed by atoms with van der Waals surface area (Å²) in [5.41, 5.74) is 2.10. The molecule has 1 aliphatic rings. The van der Waals surface area contributed by atoms with E-state index in [-0.39, 0.29) is 20.7 Å². The SMILES string of the molecule is N#CCC(=O)N/N=C1\C(=O)N(c2cc(Cl)ccc2Cl)C(=O)C(=O)[C@@H]1c1nc2ccccc2s1. The maximum Gasteiger partial charge on any atom is 0.302 e. The molecule has 1 fully saturated rings. The van der Waals surface area contributed by atoms with Crippen LogP contribution in [0.3, 0.4) is 0 Å². The topological polar surface area (TPSA) is 133 Å². The van der Waals surface area contributed by atoms with Gasteiger partial charge in [0.1, 0.15) is 23.1 Å². The number of benzene rings is 2. The fraction of sp³-hybridized carbons (Fsp3) is 0.0952. The van der Waals surface area contributed by atoms with Crippen molar-refractivity contribution in [1.82, 2.24) is 10.4 Å². The fourth-order valence-electron chi connectivity index (χ4n) is 3.15. The van der Waals surface area contributed by atoms with Crippen molar-refractivity contribution < 1.29 is 19.2 Å². The summed E-state index contributed by atoms with van der Waals surface area (Å²) >= 11 is 13.3. The number of anilines is 1. The number of thiazole rings is 1. The van der Waals surface area contributed by atoms with Crippen LogP contribution in [-0.2, 0) is 19.2 Å². The molecule has 0 radical (unpaired) electrons. The third-order valence-corrected chi connectivity index (χ3v) is 6.27. The molecular weight excluding hydrogens is 489 g/mol. The Morgan fingerprint density at radius 3 is 2.67 bits per heavy atom. The van der Waals surface area contributed by atoms with Gasteiger partial charge in [0.05, 0.1) is 27.0 Å². The quantitative estimate of drug-likeness (QED) is 0.332. The predicted molar refractivity (Wildman–Crippen MR) is 122 cm³/mol. The van der Waals surface area contributed by atoms with Crippen LogP contribution in [0.5, 0.6) is 0 Å². The van der Waals surface area contributed by atoms with E-state index in [9.17, 15) is 19.2 Å². The molecule has 1 aromatic heterocycles. The van der Waals surface area contributed by atoms with Gasteiger partial charge in [0, 0.05) is 5.02 Å². The van der Waals surface area contributed by atoms with Gasteiger partial charge in [-0.25, -0.2) is 15.3 Å². The molecule has 0 unspecified atom stereocenters. The number of carbonyl (C=O) groups excluding carboxylic acids is 4. The van der Waals surface area contributed by atoms with Crippen molar-refractivity contribution in [3.05, 3.63) is 57.5 Å². The van der Waals surface area contributed by atoms with Crippen molar-refractivity contribution in [1.29, 1.82) is 5.26 Å². The number of hydrogen-bond donors (Lipinski definition) is 1. The van der Waals surface area contributed by atoms with E-state index in [0.29, 0.717) is 10.4 Å².